The zero-order valence-electron chi connectivity index (χ0n) is 8.06. The Balaban J connectivity index is 0.000000845. The van der Waals surface area contributed by atoms with Gasteiger partial charge in [-0.3, -0.25) is 14.9 Å². The van der Waals surface area contributed by atoms with Crippen molar-refractivity contribution in [3.63, 3.8) is 0 Å². The van der Waals surface area contributed by atoms with Crippen molar-refractivity contribution in [3.05, 3.63) is 0 Å². The number of hydrogen-bond acceptors (Lipinski definition) is 2. The predicted octanol–water partition coefficient (Wildman–Crippen LogP) is 0.603. The molecule has 1 saturated carbocycles. The molecule has 0 aromatic heterocycles. The van der Waals surface area contributed by atoms with Crippen LogP contribution in [0.3, 0.4) is 0 Å². The van der Waals surface area contributed by atoms with Crippen molar-refractivity contribution in [1.29, 1.82) is 0 Å². The molecule has 13 heavy (non-hydrogen) atoms. The van der Waals surface area contributed by atoms with Crippen LogP contribution in [-0.2, 0) is 9.59 Å². The molecule has 2 fully saturated rings. The molecule has 0 unspecified atom stereocenters. The topological polar surface area (TPSA) is 46.2 Å². The Labute approximate surface area is 120 Å². The normalized spacial score (nSPS) is 25.5. The number of imide groups is 1. The van der Waals surface area contributed by atoms with Crippen LogP contribution in [-0.4, -0.2) is 63.2 Å². The van der Waals surface area contributed by atoms with E-state index in [1.54, 1.807) is 0 Å². The molecule has 1 heterocycles. The Morgan fingerprint density at radius 2 is 1.46 bits per heavy atom. The first kappa shape index (κ1) is 11.8. The fourth-order valence-corrected chi connectivity index (χ4v) is 2.47. The molecule has 2 amide bonds. The molecule has 1 N–H and O–H groups in total. The van der Waals surface area contributed by atoms with E-state index in [0.29, 0.717) is 12.8 Å². The first-order valence-corrected chi connectivity index (χ1v) is 4.53. The summed E-state index contributed by atoms with van der Waals surface area (Å²) in [5.41, 5.74) is 0.0550. The van der Waals surface area contributed by atoms with Gasteiger partial charge in [0.25, 0.3) is 0 Å². The second kappa shape index (κ2) is 4.53. The molecule has 2 rings (SSSR count). The first-order valence-electron chi connectivity index (χ1n) is 4.53. The number of amides is 2. The molecule has 1 radical (unpaired) electrons. The Morgan fingerprint density at radius 3 is 1.92 bits per heavy atom. The number of hydrogen-bond donors (Lipinski definition) is 1. The third-order valence-corrected chi connectivity index (χ3v) is 3.01. The van der Waals surface area contributed by atoms with Gasteiger partial charge < -0.3 is 0 Å². The molecular formula is C9H13KNO2. The van der Waals surface area contributed by atoms with Crippen LogP contribution in [0, 0.1) is 5.41 Å². The number of nitrogens with one attached hydrogen (secondary N) is 1. The average molecular weight is 206 g/mol. The van der Waals surface area contributed by atoms with Crippen LogP contribution in [0.5, 0.6) is 0 Å². The molecule has 1 spiro atoms. The molecule has 1 saturated heterocycles. The summed E-state index contributed by atoms with van der Waals surface area (Å²) >= 11 is 0. The van der Waals surface area contributed by atoms with Gasteiger partial charge in [-0.05, 0) is 18.3 Å². The van der Waals surface area contributed by atoms with Crippen LogP contribution in [0.2, 0.25) is 0 Å². The standard InChI is InChI=1S/C9H13NO2.K/c11-7-5-9(3-1-2-4-9)6-8(12)10-7;/h1-6H2,(H,10,11,12);. The molecule has 0 atom stereocenters. The van der Waals surface area contributed by atoms with E-state index in [1.807, 2.05) is 0 Å². The van der Waals surface area contributed by atoms with Crippen LogP contribution < -0.4 is 5.32 Å². The molecule has 1 aliphatic carbocycles. The first-order chi connectivity index (χ1) is 5.70. The van der Waals surface area contributed by atoms with Crippen molar-refractivity contribution in [2.45, 2.75) is 38.5 Å². The maximum atomic E-state index is 11.1. The van der Waals surface area contributed by atoms with Gasteiger partial charge in [0.05, 0.1) is 0 Å². The number of carbonyl (C=O) groups excluding carboxylic acids is 2. The summed E-state index contributed by atoms with van der Waals surface area (Å²) in [6.45, 7) is 0. The Morgan fingerprint density at radius 1 is 1.00 bits per heavy atom. The zero-order valence-corrected chi connectivity index (χ0v) is 11.2. The van der Waals surface area contributed by atoms with E-state index in [2.05, 4.69) is 5.32 Å². The summed E-state index contributed by atoms with van der Waals surface area (Å²) < 4.78 is 0. The fourth-order valence-electron chi connectivity index (χ4n) is 2.47. The van der Waals surface area contributed by atoms with Crippen molar-refractivity contribution >= 4 is 63.2 Å². The molecular weight excluding hydrogens is 193 g/mol. The van der Waals surface area contributed by atoms with Gasteiger partial charge in [0, 0.05) is 64.2 Å². The van der Waals surface area contributed by atoms with Gasteiger partial charge in [0.15, 0.2) is 0 Å². The van der Waals surface area contributed by atoms with E-state index in [9.17, 15) is 9.59 Å². The van der Waals surface area contributed by atoms with E-state index in [0.717, 1.165) is 12.8 Å². The van der Waals surface area contributed by atoms with Crippen LogP contribution in [0.25, 0.3) is 0 Å². The molecule has 67 valence electrons. The maximum absolute atomic E-state index is 11.1. The summed E-state index contributed by atoms with van der Waals surface area (Å²) in [5, 5.41) is 2.35. The average Bonchev–Trinajstić information content (AvgIpc) is 2.33. The molecule has 2 aliphatic rings. The number of piperidine rings is 1. The van der Waals surface area contributed by atoms with Crippen LogP contribution in [0.4, 0.5) is 0 Å². The summed E-state index contributed by atoms with van der Waals surface area (Å²) in [6.07, 6.45) is 5.62. The summed E-state index contributed by atoms with van der Waals surface area (Å²) in [7, 11) is 0. The summed E-state index contributed by atoms with van der Waals surface area (Å²) in [5.74, 6) is -0.152. The predicted molar refractivity (Wildman–Crippen MR) is 49.0 cm³/mol. The Bertz CT molecular complexity index is 216. The van der Waals surface area contributed by atoms with Crippen molar-refractivity contribution in [2.75, 3.05) is 0 Å². The van der Waals surface area contributed by atoms with Gasteiger partial charge in [-0.1, -0.05) is 12.8 Å². The zero-order chi connectivity index (χ0) is 8.60. The van der Waals surface area contributed by atoms with E-state index in [4.69, 9.17) is 0 Å². The largest absolute Gasteiger partial charge is 0.296 e. The number of carbonyl (C=O) groups is 2. The van der Waals surface area contributed by atoms with Gasteiger partial charge in [-0.25, -0.2) is 0 Å². The van der Waals surface area contributed by atoms with Gasteiger partial charge in [0.1, 0.15) is 0 Å². The van der Waals surface area contributed by atoms with E-state index in [-0.39, 0.29) is 68.6 Å². The Hall–Kier alpha value is 0.776. The van der Waals surface area contributed by atoms with Crippen molar-refractivity contribution in [1.82, 2.24) is 5.32 Å². The molecule has 0 bridgehead atoms. The van der Waals surface area contributed by atoms with Gasteiger partial charge in [0.2, 0.25) is 11.8 Å². The van der Waals surface area contributed by atoms with Crippen molar-refractivity contribution in [3.8, 4) is 0 Å². The van der Waals surface area contributed by atoms with Crippen LogP contribution in [0.15, 0.2) is 0 Å². The quantitative estimate of drug-likeness (QED) is 0.466. The summed E-state index contributed by atoms with van der Waals surface area (Å²) in [4.78, 5) is 22.2. The van der Waals surface area contributed by atoms with Crippen molar-refractivity contribution in [2.24, 2.45) is 5.41 Å². The molecule has 1 aliphatic heterocycles. The van der Waals surface area contributed by atoms with Gasteiger partial charge in [-0.2, -0.15) is 0 Å². The number of rotatable bonds is 0. The molecule has 0 aromatic carbocycles. The second-order valence-electron chi connectivity index (χ2n) is 4.03. The molecule has 0 aromatic rings. The van der Waals surface area contributed by atoms with Crippen molar-refractivity contribution < 1.29 is 9.59 Å². The third kappa shape index (κ3) is 2.62. The molecule has 3 nitrogen and oxygen atoms in total. The van der Waals surface area contributed by atoms with E-state index in [1.165, 1.54) is 12.8 Å². The van der Waals surface area contributed by atoms with Crippen LogP contribution >= 0.6 is 0 Å². The minimum atomic E-state index is -0.0758. The smallest absolute Gasteiger partial charge is 0.227 e. The third-order valence-electron chi connectivity index (χ3n) is 3.01. The second-order valence-corrected chi connectivity index (χ2v) is 4.03. The SMILES string of the molecule is O=C1CC2(CCCC2)CC(=O)N1.[K]. The Kier molecular flexibility index (Phi) is 4.13. The van der Waals surface area contributed by atoms with E-state index < -0.39 is 0 Å². The van der Waals surface area contributed by atoms with Gasteiger partial charge in [-0.15, -0.1) is 0 Å². The van der Waals surface area contributed by atoms with Crippen LogP contribution in [0.1, 0.15) is 38.5 Å². The minimum absolute atomic E-state index is 0. The molecule has 4 heteroatoms. The fraction of sp³-hybridized carbons (Fsp3) is 0.778. The van der Waals surface area contributed by atoms with E-state index >= 15 is 0 Å². The monoisotopic (exact) mass is 206 g/mol. The van der Waals surface area contributed by atoms with Gasteiger partial charge >= 0.3 is 0 Å². The summed E-state index contributed by atoms with van der Waals surface area (Å²) in [6, 6.07) is 0. The maximum Gasteiger partial charge on any atom is 0.227 e. The minimum Gasteiger partial charge on any atom is -0.296 e.